The number of hydrogen-bond acceptors (Lipinski definition) is 4. The quantitative estimate of drug-likeness (QED) is 0.607. The fourth-order valence-electron chi connectivity index (χ4n) is 3.74. The fourth-order valence-corrected chi connectivity index (χ4v) is 5.59. The average molecular weight is 394 g/mol. The van der Waals surface area contributed by atoms with Crippen molar-refractivity contribution in [1.29, 1.82) is 0 Å². The molecule has 1 aromatic rings. The van der Waals surface area contributed by atoms with E-state index in [1.807, 2.05) is 18.2 Å². The third-order valence-electron chi connectivity index (χ3n) is 4.95. The zero-order valence-corrected chi connectivity index (χ0v) is 17.5. The van der Waals surface area contributed by atoms with Gasteiger partial charge in [-0.2, -0.15) is 0 Å². The Kier molecular flexibility index (Phi) is 5.70. The number of fused-ring (bicyclic) bond motifs is 1. The molecule has 3 rings (SSSR count). The van der Waals surface area contributed by atoms with E-state index in [4.69, 9.17) is 9.73 Å². The fraction of sp³-hybridized carbons (Fsp3) is 0.650. The molecular weight excluding hydrogens is 362 g/mol. The summed E-state index contributed by atoms with van der Waals surface area (Å²) in [4.78, 5) is 4.72. The number of benzene rings is 1. The second-order valence-corrected chi connectivity index (χ2v) is 10.8. The molecule has 0 spiro atoms. The summed E-state index contributed by atoms with van der Waals surface area (Å²) in [7, 11) is -2.88. The molecule has 1 saturated heterocycles. The molecule has 7 heteroatoms. The highest BCUT2D eigenvalue weighted by Gasteiger charge is 2.34. The Morgan fingerprint density at radius 2 is 2.07 bits per heavy atom. The lowest BCUT2D eigenvalue weighted by Crippen LogP contribution is -2.47. The van der Waals surface area contributed by atoms with E-state index in [0.29, 0.717) is 13.0 Å². The largest absolute Gasteiger partial charge is 0.487 e. The van der Waals surface area contributed by atoms with E-state index in [1.165, 1.54) is 0 Å². The van der Waals surface area contributed by atoms with E-state index in [2.05, 4.69) is 44.4 Å². The molecule has 1 fully saturated rings. The Bertz CT molecular complexity index is 802. The molecule has 2 N–H and O–H groups in total. The number of nitrogens with zero attached hydrogens (tertiary/aromatic N) is 1. The van der Waals surface area contributed by atoms with E-state index in [1.54, 1.807) is 0 Å². The second-order valence-electron chi connectivity index (χ2n) is 8.56. The molecule has 0 bridgehead atoms. The van der Waals surface area contributed by atoms with Crippen LogP contribution in [0.5, 0.6) is 5.75 Å². The summed E-state index contributed by atoms with van der Waals surface area (Å²) in [6, 6.07) is 8.40. The van der Waals surface area contributed by atoms with E-state index in [9.17, 15) is 8.42 Å². The number of guanidine groups is 1. The molecule has 150 valence electrons. The summed E-state index contributed by atoms with van der Waals surface area (Å²) >= 11 is 0. The van der Waals surface area contributed by atoms with Crippen molar-refractivity contribution in [3.05, 3.63) is 29.8 Å². The summed E-state index contributed by atoms with van der Waals surface area (Å²) in [5.41, 5.74) is 0.854. The average Bonchev–Trinajstić information content (AvgIpc) is 2.90. The van der Waals surface area contributed by atoms with Crippen LogP contribution in [-0.2, 0) is 9.84 Å². The number of nitrogens with one attached hydrogen (secondary N) is 2. The molecule has 6 nitrogen and oxygen atoms in total. The zero-order valence-electron chi connectivity index (χ0n) is 16.7. The van der Waals surface area contributed by atoms with Crippen molar-refractivity contribution in [2.45, 2.75) is 58.2 Å². The molecular formula is C20H31N3O3S. The van der Waals surface area contributed by atoms with E-state index in [0.717, 1.165) is 23.7 Å². The van der Waals surface area contributed by atoms with Crippen molar-refractivity contribution in [3.63, 3.8) is 0 Å². The van der Waals surface area contributed by atoms with E-state index >= 15 is 0 Å². The minimum Gasteiger partial charge on any atom is -0.487 e. The maximum absolute atomic E-state index is 11.7. The maximum atomic E-state index is 11.7. The molecule has 2 unspecified atom stereocenters. The Balaban J connectivity index is 1.77. The molecule has 2 atom stereocenters. The SMILES string of the molecule is CC(C)NC(=NCC1CCS(=O)(=O)C1)NC1CC(C)(C)Oc2ccccc21. The van der Waals surface area contributed by atoms with E-state index < -0.39 is 9.84 Å². The second kappa shape index (κ2) is 7.70. The minimum absolute atomic E-state index is 0.0854. The Hall–Kier alpha value is -1.76. The first kappa shape index (κ1) is 20.0. The first-order valence-corrected chi connectivity index (χ1v) is 11.5. The van der Waals surface area contributed by atoms with Crippen molar-refractivity contribution < 1.29 is 13.2 Å². The molecule has 1 aromatic carbocycles. The van der Waals surface area contributed by atoms with Gasteiger partial charge in [0.2, 0.25) is 0 Å². The highest BCUT2D eigenvalue weighted by molar-refractivity contribution is 7.91. The molecule has 0 amide bonds. The van der Waals surface area contributed by atoms with E-state index in [-0.39, 0.29) is 35.1 Å². The molecule has 0 aliphatic carbocycles. The lowest BCUT2D eigenvalue weighted by Gasteiger charge is -2.38. The number of rotatable bonds is 4. The molecule has 0 radical (unpaired) electrons. The van der Waals surface area contributed by atoms with Crippen LogP contribution in [0.25, 0.3) is 0 Å². The summed E-state index contributed by atoms with van der Waals surface area (Å²) in [6.45, 7) is 8.84. The standard InChI is InChI=1S/C20H31N3O3S/c1-14(2)22-19(21-12-15-9-10-27(24,25)13-15)23-17-11-20(3,4)26-18-8-6-5-7-16(17)18/h5-8,14-15,17H,9-13H2,1-4H3,(H2,21,22,23). The predicted molar refractivity (Wildman–Crippen MR) is 109 cm³/mol. The van der Waals surface area contributed by atoms with Gasteiger partial charge in [-0.25, -0.2) is 8.42 Å². The number of hydrogen-bond donors (Lipinski definition) is 2. The van der Waals surface area contributed by atoms with Gasteiger partial charge < -0.3 is 15.4 Å². The van der Waals surface area contributed by atoms with Gasteiger partial charge in [-0.1, -0.05) is 18.2 Å². The first-order chi connectivity index (χ1) is 12.6. The molecule has 2 aliphatic heterocycles. The predicted octanol–water partition coefficient (Wildman–Crippen LogP) is 2.67. The molecule has 0 aromatic heterocycles. The normalized spacial score (nSPS) is 26.3. The monoisotopic (exact) mass is 393 g/mol. The third kappa shape index (κ3) is 5.37. The number of sulfone groups is 1. The molecule has 2 aliphatic rings. The van der Waals surface area contributed by atoms with Crippen LogP contribution in [0.3, 0.4) is 0 Å². The van der Waals surface area contributed by atoms with Crippen LogP contribution in [0.1, 0.15) is 52.1 Å². The van der Waals surface area contributed by atoms with Crippen molar-refractivity contribution in [3.8, 4) is 5.75 Å². The van der Waals surface area contributed by atoms with Crippen LogP contribution < -0.4 is 15.4 Å². The maximum Gasteiger partial charge on any atom is 0.191 e. The first-order valence-electron chi connectivity index (χ1n) is 9.69. The Morgan fingerprint density at radius 3 is 2.74 bits per heavy atom. The van der Waals surface area contributed by atoms with Gasteiger partial charge in [0.05, 0.1) is 17.5 Å². The van der Waals surface area contributed by atoms with Crippen LogP contribution in [0.2, 0.25) is 0 Å². The molecule has 2 heterocycles. The van der Waals surface area contributed by atoms with Gasteiger partial charge in [-0.3, -0.25) is 4.99 Å². The zero-order chi connectivity index (χ0) is 19.7. The van der Waals surface area contributed by atoms with Crippen LogP contribution in [0.15, 0.2) is 29.3 Å². The van der Waals surface area contributed by atoms with Crippen LogP contribution in [-0.4, -0.2) is 44.1 Å². The van der Waals surface area contributed by atoms with Gasteiger partial charge in [0.15, 0.2) is 15.8 Å². The topological polar surface area (TPSA) is 79.8 Å². The van der Waals surface area contributed by atoms with Gasteiger partial charge in [-0.05, 0) is 46.1 Å². The highest BCUT2D eigenvalue weighted by Crippen LogP contribution is 2.39. The number of aliphatic imine (C=N–C) groups is 1. The van der Waals surface area contributed by atoms with Gasteiger partial charge in [0.1, 0.15) is 11.4 Å². The van der Waals surface area contributed by atoms with Crippen molar-refractivity contribution >= 4 is 15.8 Å². The molecule has 27 heavy (non-hydrogen) atoms. The summed E-state index contributed by atoms with van der Waals surface area (Å²) in [5, 5.41) is 6.93. The highest BCUT2D eigenvalue weighted by atomic mass is 32.2. The van der Waals surface area contributed by atoms with Gasteiger partial charge in [0.25, 0.3) is 0 Å². The third-order valence-corrected chi connectivity index (χ3v) is 6.78. The van der Waals surface area contributed by atoms with Crippen LogP contribution in [0.4, 0.5) is 0 Å². The van der Waals surface area contributed by atoms with Crippen LogP contribution in [0, 0.1) is 5.92 Å². The number of ether oxygens (including phenoxy) is 1. The lowest BCUT2D eigenvalue weighted by atomic mass is 9.90. The summed E-state index contributed by atoms with van der Waals surface area (Å²) in [6.07, 6.45) is 1.52. The summed E-state index contributed by atoms with van der Waals surface area (Å²) in [5.74, 6) is 2.27. The van der Waals surface area contributed by atoms with Crippen molar-refractivity contribution in [1.82, 2.24) is 10.6 Å². The number of para-hydroxylation sites is 1. The van der Waals surface area contributed by atoms with Crippen molar-refractivity contribution in [2.24, 2.45) is 10.9 Å². The smallest absolute Gasteiger partial charge is 0.191 e. The molecule has 0 saturated carbocycles. The van der Waals surface area contributed by atoms with Gasteiger partial charge >= 0.3 is 0 Å². The van der Waals surface area contributed by atoms with Gasteiger partial charge in [-0.15, -0.1) is 0 Å². The minimum atomic E-state index is -2.88. The Labute approximate surface area is 162 Å². The van der Waals surface area contributed by atoms with Crippen LogP contribution >= 0.6 is 0 Å². The lowest BCUT2D eigenvalue weighted by molar-refractivity contribution is 0.0694. The van der Waals surface area contributed by atoms with Crippen molar-refractivity contribution in [2.75, 3.05) is 18.1 Å². The van der Waals surface area contributed by atoms with Gasteiger partial charge in [0, 0.05) is 24.6 Å². The Morgan fingerprint density at radius 1 is 1.33 bits per heavy atom. The summed E-state index contributed by atoms with van der Waals surface area (Å²) < 4.78 is 29.5.